The molecule has 0 aliphatic heterocycles. The van der Waals surface area contributed by atoms with Crippen LogP contribution in [0.4, 0.5) is 0 Å². The highest BCUT2D eigenvalue weighted by atomic mass is 16.6. The van der Waals surface area contributed by atoms with Gasteiger partial charge in [0.2, 0.25) is 0 Å². The minimum absolute atomic E-state index is 0.113. The topological polar surface area (TPSA) is 95.4 Å². The highest BCUT2D eigenvalue weighted by Gasteiger charge is 2.22. The van der Waals surface area contributed by atoms with E-state index in [1.807, 2.05) is 57.2 Å². The van der Waals surface area contributed by atoms with E-state index in [0.29, 0.717) is 11.5 Å². The molecule has 4 rings (SSSR count). The summed E-state index contributed by atoms with van der Waals surface area (Å²) in [6.07, 6.45) is 3.09. The number of hydrogen-bond acceptors (Lipinski definition) is 7. The van der Waals surface area contributed by atoms with Crippen LogP contribution in [0.1, 0.15) is 42.8 Å². The third-order valence-electron chi connectivity index (χ3n) is 4.16. The lowest BCUT2D eigenvalue weighted by atomic mass is 9.96. The molecule has 0 saturated carbocycles. The smallest absolute Gasteiger partial charge is 0.344 e. The van der Waals surface area contributed by atoms with Crippen molar-refractivity contribution in [3.63, 3.8) is 0 Å². The second-order valence-electron chi connectivity index (χ2n) is 7.33. The highest BCUT2D eigenvalue weighted by Crippen LogP contribution is 2.22. The van der Waals surface area contributed by atoms with Crippen molar-refractivity contribution in [3.8, 4) is 11.3 Å². The third-order valence-corrected chi connectivity index (χ3v) is 4.16. The summed E-state index contributed by atoms with van der Waals surface area (Å²) < 4.78 is 12.1. The first-order chi connectivity index (χ1) is 13.4. The Hall–Kier alpha value is -3.55. The largest absolute Gasteiger partial charge is 0.452 e. The second-order valence-corrected chi connectivity index (χ2v) is 7.33. The molecular weight excluding hydrogens is 358 g/mol. The maximum absolute atomic E-state index is 12.5. The molecule has 0 spiro atoms. The van der Waals surface area contributed by atoms with Gasteiger partial charge in [0.15, 0.2) is 18.1 Å². The first kappa shape index (κ1) is 17.8. The Morgan fingerprint density at radius 1 is 1.18 bits per heavy atom. The zero-order chi connectivity index (χ0) is 19.7. The number of ether oxygens (including phenoxy) is 1. The number of nitrogens with zero attached hydrogens (tertiary/aromatic N) is 5. The minimum Gasteiger partial charge on any atom is -0.452 e. The van der Waals surface area contributed by atoms with Crippen molar-refractivity contribution >= 4 is 11.6 Å². The van der Waals surface area contributed by atoms with E-state index < -0.39 is 5.97 Å². The van der Waals surface area contributed by atoms with Gasteiger partial charge < -0.3 is 9.26 Å². The Kier molecular flexibility index (Phi) is 4.38. The summed E-state index contributed by atoms with van der Waals surface area (Å²) in [6, 6.07) is 11.6. The maximum atomic E-state index is 12.5. The minimum atomic E-state index is -0.553. The average Bonchev–Trinajstić information content (AvgIpc) is 3.33. The molecule has 0 amide bonds. The fourth-order valence-electron chi connectivity index (χ4n) is 2.69. The fraction of sp³-hybridized carbons (Fsp3) is 0.250. The predicted molar refractivity (Wildman–Crippen MR) is 101 cm³/mol. The first-order valence-electron chi connectivity index (χ1n) is 8.82. The molecule has 3 aromatic heterocycles. The van der Waals surface area contributed by atoms with E-state index >= 15 is 0 Å². The van der Waals surface area contributed by atoms with Gasteiger partial charge in [0.05, 0.1) is 11.9 Å². The van der Waals surface area contributed by atoms with Crippen molar-refractivity contribution in [3.05, 3.63) is 66.1 Å². The van der Waals surface area contributed by atoms with Gasteiger partial charge in [-0.05, 0) is 6.07 Å². The third kappa shape index (κ3) is 3.36. The van der Waals surface area contributed by atoms with Crippen LogP contribution in [0, 0.1) is 0 Å². The van der Waals surface area contributed by atoms with E-state index in [0.717, 1.165) is 11.3 Å². The summed E-state index contributed by atoms with van der Waals surface area (Å²) in [7, 11) is 0. The molecule has 8 heteroatoms. The number of hydrogen-bond donors (Lipinski definition) is 0. The molecule has 0 aliphatic carbocycles. The fourth-order valence-corrected chi connectivity index (χ4v) is 2.69. The number of carbonyl (C=O) groups excluding carboxylic acids is 1. The van der Waals surface area contributed by atoms with Crippen LogP contribution in [-0.4, -0.2) is 30.7 Å². The SMILES string of the molecule is CC(C)(C)c1noc(COC(=O)c2cnn3c(-c4ccccc4)ccnc23)n1. The molecular formula is C20H19N5O3. The van der Waals surface area contributed by atoms with Crippen molar-refractivity contribution in [2.24, 2.45) is 0 Å². The molecule has 8 nitrogen and oxygen atoms in total. The summed E-state index contributed by atoms with van der Waals surface area (Å²) in [4.78, 5) is 21.1. The Morgan fingerprint density at radius 2 is 1.96 bits per heavy atom. The highest BCUT2D eigenvalue weighted by molar-refractivity contribution is 5.95. The van der Waals surface area contributed by atoms with Crippen molar-refractivity contribution < 1.29 is 14.1 Å². The second kappa shape index (κ2) is 6.88. The van der Waals surface area contributed by atoms with Gasteiger partial charge in [0, 0.05) is 17.2 Å². The number of rotatable bonds is 4. The van der Waals surface area contributed by atoms with Crippen molar-refractivity contribution in [2.75, 3.05) is 0 Å². The zero-order valence-corrected chi connectivity index (χ0v) is 15.8. The van der Waals surface area contributed by atoms with Crippen LogP contribution in [0.5, 0.6) is 0 Å². The quantitative estimate of drug-likeness (QED) is 0.503. The molecule has 0 unspecified atom stereocenters. The summed E-state index contributed by atoms with van der Waals surface area (Å²) in [5, 5.41) is 8.23. The summed E-state index contributed by atoms with van der Waals surface area (Å²) in [5.41, 5.74) is 2.25. The maximum Gasteiger partial charge on any atom is 0.344 e. The van der Waals surface area contributed by atoms with Gasteiger partial charge in [0.25, 0.3) is 5.89 Å². The molecule has 28 heavy (non-hydrogen) atoms. The lowest BCUT2D eigenvalue weighted by Gasteiger charge is -2.10. The summed E-state index contributed by atoms with van der Waals surface area (Å²) >= 11 is 0. The van der Waals surface area contributed by atoms with Crippen LogP contribution < -0.4 is 0 Å². The van der Waals surface area contributed by atoms with Gasteiger partial charge in [-0.2, -0.15) is 10.1 Å². The molecule has 1 aromatic carbocycles. The Labute approximate surface area is 161 Å². The molecule has 0 aliphatic rings. The van der Waals surface area contributed by atoms with Crippen LogP contribution >= 0.6 is 0 Å². The number of fused-ring (bicyclic) bond motifs is 1. The van der Waals surface area contributed by atoms with Crippen LogP contribution in [0.3, 0.4) is 0 Å². The van der Waals surface area contributed by atoms with Gasteiger partial charge in [-0.3, -0.25) is 0 Å². The standard InChI is InChI=1S/C20H19N5O3/c1-20(2,3)19-23-16(28-24-19)12-27-18(26)14-11-22-25-15(9-10-21-17(14)25)13-7-5-4-6-8-13/h4-11H,12H2,1-3H3. The van der Waals surface area contributed by atoms with Crippen molar-refractivity contribution in [1.29, 1.82) is 0 Å². The molecule has 142 valence electrons. The molecule has 0 saturated heterocycles. The van der Waals surface area contributed by atoms with Gasteiger partial charge in [-0.15, -0.1) is 0 Å². The van der Waals surface area contributed by atoms with Gasteiger partial charge in [-0.25, -0.2) is 14.3 Å². The van der Waals surface area contributed by atoms with E-state index in [1.54, 1.807) is 10.7 Å². The lowest BCUT2D eigenvalue weighted by Crippen LogP contribution is -2.13. The average molecular weight is 377 g/mol. The molecule has 4 aromatic rings. The molecule has 0 radical (unpaired) electrons. The number of benzene rings is 1. The molecule has 0 fully saturated rings. The van der Waals surface area contributed by atoms with E-state index in [-0.39, 0.29) is 23.5 Å². The predicted octanol–water partition coefficient (Wildman–Crippen LogP) is 3.43. The van der Waals surface area contributed by atoms with Crippen molar-refractivity contribution in [2.45, 2.75) is 32.8 Å². The number of esters is 1. The molecule has 0 N–H and O–H groups in total. The van der Waals surface area contributed by atoms with Crippen LogP contribution in [0.25, 0.3) is 16.9 Å². The van der Waals surface area contributed by atoms with Gasteiger partial charge >= 0.3 is 5.97 Å². The normalized spacial score (nSPS) is 11.7. The molecule has 3 heterocycles. The van der Waals surface area contributed by atoms with E-state index in [9.17, 15) is 4.79 Å². The first-order valence-corrected chi connectivity index (χ1v) is 8.82. The van der Waals surface area contributed by atoms with E-state index in [1.165, 1.54) is 6.20 Å². The molecule has 0 bridgehead atoms. The van der Waals surface area contributed by atoms with Crippen LogP contribution in [0.15, 0.2) is 53.3 Å². The van der Waals surface area contributed by atoms with E-state index in [4.69, 9.17) is 9.26 Å². The summed E-state index contributed by atoms with van der Waals surface area (Å²) in [5.74, 6) is 0.250. The van der Waals surface area contributed by atoms with Crippen LogP contribution in [-0.2, 0) is 16.8 Å². The van der Waals surface area contributed by atoms with Crippen LogP contribution in [0.2, 0.25) is 0 Å². The number of carbonyl (C=O) groups is 1. The Morgan fingerprint density at radius 3 is 2.68 bits per heavy atom. The van der Waals surface area contributed by atoms with Gasteiger partial charge in [0.1, 0.15) is 5.56 Å². The van der Waals surface area contributed by atoms with E-state index in [2.05, 4.69) is 20.2 Å². The Bertz CT molecular complexity index is 1130. The zero-order valence-electron chi connectivity index (χ0n) is 15.8. The summed E-state index contributed by atoms with van der Waals surface area (Å²) in [6.45, 7) is 5.81. The Balaban J connectivity index is 1.56. The number of aromatic nitrogens is 5. The van der Waals surface area contributed by atoms with Gasteiger partial charge in [-0.1, -0.05) is 56.3 Å². The molecule has 0 atom stereocenters. The lowest BCUT2D eigenvalue weighted by molar-refractivity contribution is 0.0432. The monoisotopic (exact) mass is 377 g/mol. The van der Waals surface area contributed by atoms with Crippen molar-refractivity contribution in [1.82, 2.24) is 24.7 Å².